The maximum absolute atomic E-state index is 8.83. The smallest absolute Gasteiger partial charge is 0.299 e. The van der Waals surface area contributed by atoms with Crippen LogP contribution in [0.25, 0.3) is 0 Å². The Kier molecular flexibility index (Phi) is 3.75. The second-order valence-electron chi connectivity index (χ2n) is 2.80. The van der Waals surface area contributed by atoms with Crippen molar-refractivity contribution in [3.8, 4) is 10.9 Å². The summed E-state index contributed by atoms with van der Waals surface area (Å²) in [5.41, 5.74) is 0. The topological polar surface area (TPSA) is 55.2 Å². The van der Waals surface area contributed by atoms with Gasteiger partial charge in [0.05, 0.1) is 11.1 Å². The molecule has 0 saturated heterocycles. The highest BCUT2D eigenvalue weighted by Crippen LogP contribution is 2.32. The fourth-order valence-electron chi connectivity index (χ4n) is 0.995. The summed E-state index contributed by atoms with van der Waals surface area (Å²) in [6.07, 6.45) is 0. The normalized spacial score (nSPS) is 10.4. The van der Waals surface area contributed by atoms with Gasteiger partial charge in [-0.15, -0.1) is 5.10 Å². The summed E-state index contributed by atoms with van der Waals surface area (Å²) in [4.78, 5) is 0. The molecule has 0 radical (unpaired) electrons. The van der Waals surface area contributed by atoms with E-state index in [0.717, 1.165) is 4.47 Å². The zero-order valence-electron chi connectivity index (χ0n) is 7.85. The molecule has 0 unspecified atom stereocenters. The van der Waals surface area contributed by atoms with E-state index in [4.69, 9.17) is 21.4 Å². The number of halogens is 2. The lowest BCUT2D eigenvalue weighted by atomic mass is 10.3. The third-order valence-corrected chi connectivity index (χ3v) is 3.32. The van der Waals surface area contributed by atoms with E-state index in [-0.39, 0.29) is 6.61 Å². The van der Waals surface area contributed by atoms with Crippen molar-refractivity contribution < 1.29 is 9.84 Å². The summed E-state index contributed by atoms with van der Waals surface area (Å²) in [5, 5.41) is 17.9. The molecule has 4 nitrogen and oxygen atoms in total. The summed E-state index contributed by atoms with van der Waals surface area (Å²) < 4.78 is 6.21. The molecule has 7 heteroatoms. The molecule has 0 spiro atoms. The van der Waals surface area contributed by atoms with Crippen LogP contribution in [0.1, 0.15) is 5.01 Å². The Balaban J connectivity index is 2.20. The molecule has 0 bridgehead atoms. The van der Waals surface area contributed by atoms with E-state index in [1.165, 1.54) is 11.3 Å². The van der Waals surface area contributed by atoms with Crippen molar-refractivity contribution in [3.05, 3.63) is 32.7 Å². The molecule has 0 aliphatic carbocycles. The molecule has 1 aromatic carbocycles. The van der Waals surface area contributed by atoms with Crippen LogP contribution in [0.4, 0.5) is 0 Å². The largest absolute Gasteiger partial charge is 0.429 e. The van der Waals surface area contributed by atoms with Crippen molar-refractivity contribution in [2.75, 3.05) is 0 Å². The van der Waals surface area contributed by atoms with Gasteiger partial charge in [-0.05, 0) is 34.1 Å². The Bertz CT molecular complexity index is 506. The number of aliphatic hydroxyl groups is 1. The molecule has 0 aliphatic rings. The van der Waals surface area contributed by atoms with Crippen molar-refractivity contribution in [2.24, 2.45) is 0 Å². The lowest BCUT2D eigenvalue weighted by Crippen LogP contribution is -1.84. The molecule has 1 heterocycles. The first-order valence-corrected chi connectivity index (χ1v) is 6.24. The molecule has 2 aromatic rings. The van der Waals surface area contributed by atoms with E-state index < -0.39 is 0 Å². The summed E-state index contributed by atoms with van der Waals surface area (Å²) in [6.45, 7) is -0.136. The van der Waals surface area contributed by atoms with Crippen molar-refractivity contribution in [3.63, 3.8) is 0 Å². The quantitative estimate of drug-likeness (QED) is 0.943. The summed E-state index contributed by atoms with van der Waals surface area (Å²) in [6, 6.07) is 5.17. The Morgan fingerprint density at radius 1 is 1.44 bits per heavy atom. The van der Waals surface area contributed by atoms with E-state index in [0.29, 0.717) is 21.0 Å². The van der Waals surface area contributed by atoms with Crippen LogP contribution in [-0.2, 0) is 6.61 Å². The van der Waals surface area contributed by atoms with Gasteiger partial charge in [-0.1, -0.05) is 28.0 Å². The van der Waals surface area contributed by atoms with Gasteiger partial charge in [0, 0.05) is 5.02 Å². The number of hydrogen-bond acceptors (Lipinski definition) is 5. The highest BCUT2D eigenvalue weighted by atomic mass is 79.9. The number of benzene rings is 1. The summed E-state index contributed by atoms with van der Waals surface area (Å²) in [5.74, 6) is 0.602. The Labute approximate surface area is 109 Å². The first kappa shape index (κ1) is 11.8. The minimum atomic E-state index is -0.136. The number of nitrogens with zero attached hydrogens (tertiary/aromatic N) is 2. The average molecular weight is 322 g/mol. The number of ether oxygens (including phenoxy) is 1. The van der Waals surface area contributed by atoms with Crippen molar-refractivity contribution in [1.29, 1.82) is 0 Å². The number of hydrogen-bond donors (Lipinski definition) is 1. The fraction of sp³-hybridized carbons (Fsp3) is 0.111. The van der Waals surface area contributed by atoms with Crippen LogP contribution in [0.5, 0.6) is 10.9 Å². The average Bonchev–Trinajstić information content (AvgIpc) is 2.70. The van der Waals surface area contributed by atoms with Crippen LogP contribution < -0.4 is 4.74 Å². The molecule has 84 valence electrons. The maximum atomic E-state index is 8.83. The molecule has 2 rings (SSSR count). The highest BCUT2D eigenvalue weighted by molar-refractivity contribution is 9.10. The van der Waals surface area contributed by atoms with Gasteiger partial charge in [0.25, 0.3) is 5.19 Å². The van der Waals surface area contributed by atoms with Gasteiger partial charge in [-0.2, -0.15) is 0 Å². The summed E-state index contributed by atoms with van der Waals surface area (Å²) in [7, 11) is 0. The minimum Gasteiger partial charge on any atom is -0.429 e. The Morgan fingerprint density at radius 2 is 2.25 bits per heavy atom. The second-order valence-corrected chi connectivity index (χ2v) is 5.11. The maximum Gasteiger partial charge on any atom is 0.299 e. The Morgan fingerprint density at radius 3 is 2.88 bits per heavy atom. The molecule has 0 aliphatic heterocycles. The highest BCUT2D eigenvalue weighted by Gasteiger charge is 2.08. The van der Waals surface area contributed by atoms with Crippen LogP contribution >= 0.6 is 38.9 Å². The molecular weight excluding hydrogens is 316 g/mol. The van der Waals surface area contributed by atoms with E-state index in [1.54, 1.807) is 18.2 Å². The predicted molar refractivity (Wildman–Crippen MR) is 65.1 cm³/mol. The molecule has 16 heavy (non-hydrogen) atoms. The van der Waals surface area contributed by atoms with Crippen LogP contribution in [0.2, 0.25) is 5.02 Å². The monoisotopic (exact) mass is 320 g/mol. The molecular formula is C9H6BrClN2O2S. The van der Waals surface area contributed by atoms with Gasteiger partial charge >= 0.3 is 0 Å². The molecule has 0 fully saturated rings. The molecule has 0 amide bonds. The number of aromatic nitrogens is 2. The SMILES string of the molecule is OCc1nnc(Oc2ccc(Cl)cc2Br)s1. The summed E-state index contributed by atoms with van der Waals surface area (Å²) >= 11 is 10.3. The zero-order valence-corrected chi connectivity index (χ0v) is 11.0. The molecule has 0 atom stereocenters. The standard InChI is InChI=1S/C9H6BrClN2O2S/c10-6-3-5(11)1-2-7(6)15-9-13-12-8(4-14)16-9/h1-3,14H,4H2. The number of rotatable bonds is 3. The first-order chi connectivity index (χ1) is 7.69. The number of aliphatic hydroxyl groups excluding tert-OH is 1. The van der Waals surface area contributed by atoms with Gasteiger partial charge in [-0.25, -0.2) is 0 Å². The van der Waals surface area contributed by atoms with Crippen molar-refractivity contribution in [1.82, 2.24) is 10.2 Å². The molecule has 0 saturated carbocycles. The molecule has 1 N–H and O–H groups in total. The Hall–Kier alpha value is -0.690. The van der Waals surface area contributed by atoms with E-state index >= 15 is 0 Å². The van der Waals surface area contributed by atoms with E-state index in [9.17, 15) is 0 Å². The fourth-order valence-corrected chi connectivity index (χ4v) is 2.32. The third kappa shape index (κ3) is 2.70. The van der Waals surface area contributed by atoms with Gasteiger partial charge in [0.1, 0.15) is 10.8 Å². The second kappa shape index (κ2) is 5.09. The van der Waals surface area contributed by atoms with E-state index in [1.807, 2.05) is 0 Å². The van der Waals surface area contributed by atoms with Gasteiger partial charge < -0.3 is 9.84 Å². The van der Waals surface area contributed by atoms with Crippen molar-refractivity contribution >= 4 is 38.9 Å². The predicted octanol–water partition coefficient (Wildman–Crippen LogP) is 3.24. The molecule has 1 aromatic heterocycles. The van der Waals surface area contributed by atoms with Gasteiger partial charge in [0.15, 0.2) is 0 Å². The van der Waals surface area contributed by atoms with Crippen LogP contribution in [0, 0.1) is 0 Å². The minimum absolute atomic E-state index is 0.136. The van der Waals surface area contributed by atoms with Gasteiger partial charge in [-0.3, -0.25) is 0 Å². The van der Waals surface area contributed by atoms with Crippen LogP contribution in [-0.4, -0.2) is 15.3 Å². The van der Waals surface area contributed by atoms with Crippen LogP contribution in [0.3, 0.4) is 0 Å². The van der Waals surface area contributed by atoms with Crippen molar-refractivity contribution in [2.45, 2.75) is 6.61 Å². The lowest BCUT2D eigenvalue weighted by molar-refractivity contribution is 0.280. The van der Waals surface area contributed by atoms with Gasteiger partial charge in [0.2, 0.25) is 0 Å². The van der Waals surface area contributed by atoms with Crippen LogP contribution in [0.15, 0.2) is 22.7 Å². The lowest BCUT2D eigenvalue weighted by Gasteiger charge is -2.03. The first-order valence-electron chi connectivity index (χ1n) is 4.25. The zero-order chi connectivity index (χ0) is 11.5. The van der Waals surface area contributed by atoms with E-state index in [2.05, 4.69) is 26.1 Å². The third-order valence-electron chi connectivity index (χ3n) is 1.67.